The van der Waals surface area contributed by atoms with Gasteiger partial charge in [-0.15, -0.1) is 0 Å². The third-order valence-electron chi connectivity index (χ3n) is 3.30. The van der Waals surface area contributed by atoms with E-state index in [1.54, 1.807) is 13.4 Å². The van der Waals surface area contributed by atoms with Crippen molar-refractivity contribution in [2.45, 2.75) is 25.6 Å². The third-order valence-corrected chi connectivity index (χ3v) is 3.30. The van der Waals surface area contributed by atoms with Crippen LogP contribution in [0.2, 0.25) is 0 Å². The maximum atomic E-state index is 9.20. The molecule has 0 amide bonds. The number of furan rings is 1. The molecule has 1 aromatic heterocycles. The van der Waals surface area contributed by atoms with Crippen LogP contribution < -0.4 is 5.32 Å². The van der Waals surface area contributed by atoms with Gasteiger partial charge in [-0.05, 0) is 30.2 Å². The van der Waals surface area contributed by atoms with Crippen LogP contribution in [0.1, 0.15) is 35.9 Å². The van der Waals surface area contributed by atoms with Crippen LogP contribution in [0, 0.1) is 0 Å². The van der Waals surface area contributed by atoms with Gasteiger partial charge in [-0.3, -0.25) is 5.32 Å². The summed E-state index contributed by atoms with van der Waals surface area (Å²) in [6, 6.07) is 11.9. The average molecular weight is 275 g/mol. The van der Waals surface area contributed by atoms with Gasteiger partial charge in [0.15, 0.2) is 0 Å². The Bertz CT molecular complexity index is 510. The minimum absolute atomic E-state index is 0.00258. The van der Waals surface area contributed by atoms with Crippen molar-refractivity contribution in [3.8, 4) is 0 Å². The van der Waals surface area contributed by atoms with E-state index in [0.29, 0.717) is 6.61 Å². The highest BCUT2D eigenvalue weighted by Gasteiger charge is 2.17. The minimum atomic E-state index is 0.00258. The second kappa shape index (κ2) is 7.24. The Morgan fingerprint density at radius 1 is 1.30 bits per heavy atom. The number of rotatable bonds is 7. The number of hydrogen-bond acceptors (Lipinski definition) is 4. The van der Waals surface area contributed by atoms with Crippen LogP contribution in [0.25, 0.3) is 0 Å². The predicted octanol–water partition coefficient (Wildman–Crippen LogP) is 2.81. The van der Waals surface area contributed by atoms with Crippen molar-refractivity contribution in [1.29, 1.82) is 0 Å². The van der Waals surface area contributed by atoms with Crippen LogP contribution in [0.4, 0.5) is 0 Å². The summed E-state index contributed by atoms with van der Waals surface area (Å²) in [5, 5.41) is 12.7. The van der Waals surface area contributed by atoms with E-state index in [9.17, 15) is 5.11 Å². The van der Waals surface area contributed by atoms with Gasteiger partial charge in [-0.2, -0.15) is 0 Å². The lowest BCUT2D eigenvalue weighted by Crippen LogP contribution is -2.27. The summed E-state index contributed by atoms with van der Waals surface area (Å²) in [6.45, 7) is 2.68. The number of nitrogens with one attached hydrogen (secondary N) is 1. The summed E-state index contributed by atoms with van der Waals surface area (Å²) in [5.41, 5.74) is 2.04. The lowest BCUT2D eigenvalue weighted by Gasteiger charge is -2.22. The zero-order chi connectivity index (χ0) is 14.4. The maximum absolute atomic E-state index is 9.20. The fraction of sp³-hybridized carbons (Fsp3) is 0.375. The average Bonchev–Trinajstić information content (AvgIpc) is 3.01. The molecule has 1 heterocycles. The number of hydrogen-bond donors (Lipinski definition) is 2. The molecule has 2 unspecified atom stereocenters. The normalized spacial score (nSPS) is 14.2. The standard InChI is InChI=1S/C16H21NO3/c1-12(14-6-3-5-13(9-14)10-18)17-15(11-19-2)16-7-4-8-20-16/h3-9,12,15,17-18H,10-11H2,1-2H3. The second-order valence-electron chi connectivity index (χ2n) is 4.81. The Kier molecular flexibility index (Phi) is 5.35. The molecule has 0 fully saturated rings. The first-order chi connectivity index (χ1) is 9.74. The molecular weight excluding hydrogens is 254 g/mol. The van der Waals surface area contributed by atoms with E-state index in [-0.39, 0.29) is 18.7 Å². The summed E-state index contributed by atoms with van der Waals surface area (Å²) in [5.74, 6) is 0.858. The lowest BCUT2D eigenvalue weighted by molar-refractivity contribution is 0.152. The monoisotopic (exact) mass is 275 g/mol. The number of benzene rings is 1. The van der Waals surface area contributed by atoms with E-state index < -0.39 is 0 Å². The van der Waals surface area contributed by atoms with Gasteiger partial charge in [0, 0.05) is 13.2 Å². The molecule has 2 atom stereocenters. The van der Waals surface area contributed by atoms with Crippen LogP contribution in [0.15, 0.2) is 47.1 Å². The summed E-state index contributed by atoms with van der Waals surface area (Å²) in [6.07, 6.45) is 1.66. The van der Waals surface area contributed by atoms with Gasteiger partial charge in [0.05, 0.1) is 25.5 Å². The van der Waals surface area contributed by atoms with Gasteiger partial charge in [-0.25, -0.2) is 0 Å². The van der Waals surface area contributed by atoms with Crippen molar-refractivity contribution in [2.24, 2.45) is 0 Å². The fourth-order valence-electron chi connectivity index (χ4n) is 2.23. The third kappa shape index (κ3) is 3.70. The maximum Gasteiger partial charge on any atom is 0.123 e. The summed E-state index contributed by atoms with van der Waals surface area (Å²) < 4.78 is 10.7. The minimum Gasteiger partial charge on any atom is -0.468 e. The Morgan fingerprint density at radius 3 is 2.80 bits per heavy atom. The molecule has 2 N–H and O–H groups in total. The molecule has 0 saturated heterocycles. The Labute approximate surface area is 119 Å². The van der Waals surface area contributed by atoms with Gasteiger partial charge >= 0.3 is 0 Å². The summed E-state index contributed by atoms with van der Waals surface area (Å²) in [4.78, 5) is 0. The first-order valence-electron chi connectivity index (χ1n) is 6.72. The molecule has 0 radical (unpaired) electrons. The Balaban J connectivity index is 2.09. The first kappa shape index (κ1) is 14.8. The van der Waals surface area contributed by atoms with E-state index in [1.807, 2.05) is 36.4 Å². The van der Waals surface area contributed by atoms with Crippen molar-refractivity contribution >= 4 is 0 Å². The van der Waals surface area contributed by atoms with Crippen molar-refractivity contribution in [2.75, 3.05) is 13.7 Å². The quantitative estimate of drug-likeness (QED) is 0.816. The van der Waals surface area contributed by atoms with E-state index in [4.69, 9.17) is 9.15 Å². The number of aliphatic hydroxyl groups excluding tert-OH is 1. The van der Waals surface area contributed by atoms with E-state index in [1.165, 1.54) is 0 Å². The van der Waals surface area contributed by atoms with E-state index in [0.717, 1.165) is 16.9 Å². The van der Waals surface area contributed by atoms with Gasteiger partial charge in [-0.1, -0.05) is 24.3 Å². The van der Waals surface area contributed by atoms with Gasteiger partial charge in [0.2, 0.25) is 0 Å². The molecule has 2 aromatic rings. The van der Waals surface area contributed by atoms with Crippen molar-refractivity contribution in [1.82, 2.24) is 5.32 Å². The highest BCUT2D eigenvalue weighted by Crippen LogP contribution is 2.21. The molecule has 0 aliphatic carbocycles. The fourth-order valence-corrected chi connectivity index (χ4v) is 2.23. The molecule has 2 rings (SSSR count). The van der Waals surface area contributed by atoms with E-state index in [2.05, 4.69) is 12.2 Å². The highest BCUT2D eigenvalue weighted by atomic mass is 16.5. The van der Waals surface area contributed by atoms with Gasteiger partial charge in [0.25, 0.3) is 0 Å². The molecule has 108 valence electrons. The zero-order valence-electron chi connectivity index (χ0n) is 11.9. The molecule has 0 aliphatic rings. The topological polar surface area (TPSA) is 54.6 Å². The lowest BCUT2D eigenvalue weighted by atomic mass is 10.0. The largest absolute Gasteiger partial charge is 0.468 e. The SMILES string of the molecule is COCC(NC(C)c1cccc(CO)c1)c1ccco1. The van der Waals surface area contributed by atoms with Crippen molar-refractivity contribution in [3.63, 3.8) is 0 Å². The zero-order valence-corrected chi connectivity index (χ0v) is 11.9. The van der Waals surface area contributed by atoms with Crippen LogP contribution in [0.3, 0.4) is 0 Å². The highest BCUT2D eigenvalue weighted by molar-refractivity contribution is 5.25. The van der Waals surface area contributed by atoms with Gasteiger partial charge < -0.3 is 14.3 Å². The number of methoxy groups -OCH3 is 1. The van der Waals surface area contributed by atoms with E-state index >= 15 is 0 Å². The van der Waals surface area contributed by atoms with Crippen molar-refractivity contribution < 1.29 is 14.3 Å². The number of ether oxygens (including phenoxy) is 1. The summed E-state index contributed by atoms with van der Waals surface area (Å²) >= 11 is 0. The number of aliphatic hydroxyl groups is 1. The van der Waals surface area contributed by atoms with Crippen LogP contribution in [-0.4, -0.2) is 18.8 Å². The summed E-state index contributed by atoms with van der Waals surface area (Å²) in [7, 11) is 1.68. The molecule has 1 aromatic carbocycles. The van der Waals surface area contributed by atoms with Crippen LogP contribution in [0.5, 0.6) is 0 Å². The molecule has 4 heteroatoms. The molecule has 0 bridgehead atoms. The predicted molar refractivity (Wildman–Crippen MR) is 77.2 cm³/mol. The van der Waals surface area contributed by atoms with Crippen LogP contribution in [-0.2, 0) is 11.3 Å². The molecule has 20 heavy (non-hydrogen) atoms. The smallest absolute Gasteiger partial charge is 0.123 e. The second-order valence-corrected chi connectivity index (χ2v) is 4.81. The van der Waals surface area contributed by atoms with Crippen LogP contribution >= 0.6 is 0 Å². The Hall–Kier alpha value is -1.62. The molecule has 0 saturated carbocycles. The van der Waals surface area contributed by atoms with Gasteiger partial charge in [0.1, 0.15) is 5.76 Å². The molecule has 4 nitrogen and oxygen atoms in total. The molecule has 0 aliphatic heterocycles. The van der Waals surface area contributed by atoms with Crippen molar-refractivity contribution in [3.05, 3.63) is 59.5 Å². The molecular formula is C16H21NO3. The molecule has 0 spiro atoms. The Morgan fingerprint density at radius 2 is 2.15 bits per heavy atom. The first-order valence-corrected chi connectivity index (χ1v) is 6.72.